The van der Waals surface area contributed by atoms with Crippen LogP contribution in [0.2, 0.25) is 10.0 Å². The van der Waals surface area contributed by atoms with E-state index < -0.39 is 12.0 Å². The van der Waals surface area contributed by atoms with Crippen LogP contribution >= 0.6 is 35.6 Å². The molecule has 0 bridgehead atoms. The van der Waals surface area contributed by atoms with Crippen LogP contribution < -0.4 is 19.9 Å². The fourth-order valence-electron chi connectivity index (χ4n) is 3.47. The summed E-state index contributed by atoms with van der Waals surface area (Å²) in [7, 11) is 1.32. The fraction of sp³-hybridized carbons (Fsp3) is 0.240. The van der Waals surface area contributed by atoms with E-state index in [4.69, 9.17) is 43.1 Å². The molecule has 2 N–H and O–H groups in total. The molecule has 1 aliphatic rings. The molecule has 6 nitrogen and oxygen atoms in total. The van der Waals surface area contributed by atoms with Crippen molar-refractivity contribution in [3.63, 3.8) is 0 Å². The predicted molar refractivity (Wildman–Crippen MR) is 133 cm³/mol. The maximum Gasteiger partial charge on any atom is 0.322 e. The van der Waals surface area contributed by atoms with Crippen molar-refractivity contribution in [2.75, 3.05) is 13.7 Å². The molecule has 3 aromatic carbocycles. The van der Waals surface area contributed by atoms with Crippen LogP contribution in [0.1, 0.15) is 22.8 Å². The number of carbonyl (C=O) groups excluding carboxylic acids is 1. The minimum Gasteiger partial charge on any atom is -0.489 e. The summed E-state index contributed by atoms with van der Waals surface area (Å²) < 4.78 is 22.6. The number of nitrogens with two attached hydrogens (primary N) is 1. The Kier molecular flexibility index (Phi) is 8.91. The summed E-state index contributed by atoms with van der Waals surface area (Å²) in [5, 5.41) is 1.02. The van der Waals surface area contributed by atoms with Gasteiger partial charge in [-0.05, 0) is 59.5 Å². The van der Waals surface area contributed by atoms with Gasteiger partial charge < -0.3 is 24.7 Å². The molecule has 180 valence electrons. The van der Waals surface area contributed by atoms with E-state index in [-0.39, 0.29) is 18.5 Å². The maximum absolute atomic E-state index is 11.5. The Labute approximate surface area is 214 Å². The van der Waals surface area contributed by atoms with E-state index in [1.54, 1.807) is 12.1 Å². The van der Waals surface area contributed by atoms with E-state index in [0.29, 0.717) is 41.2 Å². The molecule has 0 aromatic heterocycles. The summed E-state index contributed by atoms with van der Waals surface area (Å²) >= 11 is 12.0. The average molecular weight is 525 g/mol. The van der Waals surface area contributed by atoms with Gasteiger partial charge in [0.2, 0.25) is 0 Å². The number of rotatable bonds is 7. The van der Waals surface area contributed by atoms with E-state index in [1.807, 2.05) is 48.5 Å². The van der Waals surface area contributed by atoms with Crippen LogP contribution in [-0.4, -0.2) is 25.7 Å². The molecule has 2 unspecified atom stereocenters. The number of hydrogen-bond donors (Lipinski definition) is 1. The number of hydrogen-bond acceptors (Lipinski definition) is 6. The highest BCUT2D eigenvalue weighted by Gasteiger charge is 2.24. The van der Waals surface area contributed by atoms with Gasteiger partial charge in [0.1, 0.15) is 25.0 Å². The van der Waals surface area contributed by atoms with Gasteiger partial charge in [-0.1, -0.05) is 47.5 Å². The number of methoxy groups -OCH3 is 1. The molecule has 9 heteroatoms. The molecule has 0 amide bonds. The minimum absolute atomic E-state index is 0. The first kappa shape index (κ1) is 26.0. The van der Waals surface area contributed by atoms with Gasteiger partial charge in [0.05, 0.1) is 17.2 Å². The molecule has 1 heterocycles. The van der Waals surface area contributed by atoms with Crippen molar-refractivity contribution in [1.82, 2.24) is 0 Å². The third-order valence-electron chi connectivity index (χ3n) is 5.27. The minimum atomic E-state index is -0.720. The lowest BCUT2D eigenvalue weighted by Crippen LogP contribution is -2.33. The van der Waals surface area contributed by atoms with Gasteiger partial charge in [0, 0.05) is 0 Å². The molecule has 0 radical (unpaired) electrons. The van der Waals surface area contributed by atoms with E-state index in [9.17, 15) is 4.79 Å². The zero-order chi connectivity index (χ0) is 23.4. The first-order chi connectivity index (χ1) is 15.9. The van der Waals surface area contributed by atoms with Gasteiger partial charge in [0.15, 0.2) is 17.6 Å². The van der Waals surface area contributed by atoms with Crippen LogP contribution in [0.5, 0.6) is 17.2 Å². The summed E-state index contributed by atoms with van der Waals surface area (Å²) in [4.78, 5) is 11.5. The molecule has 0 saturated heterocycles. The summed E-state index contributed by atoms with van der Waals surface area (Å²) in [6, 6.07) is 17.9. The van der Waals surface area contributed by atoms with Crippen LogP contribution in [0.3, 0.4) is 0 Å². The second-order valence-electron chi connectivity index (χ2n) is 7.64. The number of esters is 1. The Hall–Kier alpha value is -2.64. The molecular formula is C25H24Cl3NO5. The molecule has 34 heavy (non-hydrogen) atoms. The lowest BCUT2D eigenvalue weighted by atomic mass is 10.0. The SMILES string of the molecule is COC(=O)C(N)Cc1ccc2c(c1)OCC(c1ccc(OCc3ccc(Cl)c(Cl)c3)cc1)O2.Cl. The quantitative estimate of drug-likeness (QED) is 0.408. The van der Waals surface area contributed by atoms with E-state index in [2.05, 4.69) is 4.74 Å². The van der Waals surface area contributed by atoms with E-state index in [1.165, 1.54) is 7.11 Å². The Morgan fingerprint density at radius 1 is 1.03 bits per heavy atom. The zero-order valence-electron chi connectivity index (χ0n) is 18.3. The van der Waals surface area contributed by atoms with Crippen LogP contribution in [0.15, 0.2) is 60.7 Å². The van der Waals surface area contributed by atoms with Crippen molar-refractivity contribution in [1.29, 1.82) is 0 Å². The van der Waals surface area contributed by atoms with Crippen molar-refractivity contribution in [3.05, 3.63) is 87.4 Å². The van der Waals surface area contributed by atoms with Crippen LogP contribution in [0.4, 0.5) is 0 Å². The summed E-state index contributed by atoms with van der Waals surface area (Å²) in [5.74, 6) is 1.55. The first-order valence-corrected chi connectivity index (χ1v) is 11.1. The molecule has 3 aromatic rings. The zero-order valence-corrected chi connectivity index (χ0v) is 20.7. The van der Waals surface area contributed by atoms with Crippen molar-refractivity contribution in [2.24, 2.45) is 5.73 Å². The number of ether oxygens (including phenoxy) is 4. The van der Waals surface area contributed by atoms with Crippen LogP contribution in [-0.2, 0) is 22.6 Å². The monoisotopic (exact) mass is 523 g/mol. The number of carbonyl (C=O) groups is 1. The summed E-state index contributed by atoms with van der Waals surface area (Å²) in [6.45, 7) is 0.748. The highest BCUT2D eigenvalue weighted by molar-refractivity contribution is 6.42. The Bertz CT molecular complexity index is 1140. The standard InChI is InChI=1S/C25H23Cl2NO5.ClH/c1-30-25(29)21(28)11-15-3-9-22-23(12-15)32-14-24(33-22)17-4-6-18(7-5-17)31-13-16-2-8-19(26)20(27)10-16;/h2-10,12,21,24H,11,13-14,28H2,1H3;1H. The molecule has 0 saturated carbocycles. The Morgan fingerprint density at radius 3 is 2.47 bits per heavy atom. The number of halogens is 3. The van der Waals surface area contributed by atoms with Crippen LogP contribution in [0.25, 0.3) is 0 Å². The van der Waals surface area contributed by atoms with E-state index >= 15 is 0 Å². The highest BCUT2D eigenvalue weighted by Crippen LogP contribution is 2.37. The molecular weight excluding hydrogens is 501 g/mol. The Morgan fingerprint density at radius 2 is 1.76 bits per heavy atom. The van der Waals surface area contributed by atoms with Crippen LogP contribution in [0, 0.1) is 0 Å². The molecule has 4 rings (SSSR count). The van der Waals surface area contributed by atoms with Gasteiger partial charge in [-0.15, -0.1) is 12.4 Å². The molecule has 1 aliphatic heterocycles. The maximum atomic E-state index is 11.5. The summed E-state index contributed by atoms with van der Waals surface area (Å²) in [6.07, 6.45) is 0.112. The van der Waals surface area contributed by atoms with Crippen molar-refractivity contribution in [3.8, 4) is 17.2 Å². The summed E-state index contributed by atoms with van der Waals surface area (Å²) in [5.41, 5.74) is 8.62. The Balaban J connectivity index is 0.00000324. The topological polar surface area (TPSA) is 80.0 Å². The first-order valence-electron chi connectivity index (χ1n) is 10.4. The van der Waals surface area contributed by atoms with Gasteiger partial charge in [-0.3, -0.25) is 4.79 Å². The number of fused-ring (bicyclic) bond motifs is 1. The van der Waals surface area contributed by atoms with Crippen molar-refractivity contribution < 1.29 is 23.7 Å². The average Bonchev–Trinajstić information content (AvgIpc) is 2.84. The predicted octanol–water partition coefficient (Wildman–Crippen LogP) is 5.55. The third kappa shape index (κ3) is 6.27. The third-order valence-corrected chi connectivity index (χ3v) is 6.01. The van der Waals surface area contributed by atoms with Gasteiger partial charge in [0.25, 0.3) is 0 Å². The second kappa shape index (κ2) is 11.7. The normalized spacial score (nSPS) is 15.1. The van der Waals surface area contributed by atoms with Gasteiger partial charge in [-0.2, -0.15) is 0 Å². The van der Waals surface area contributed by atoms with Gasteiger partial charge >= 0.3 is 5.97 Å². The second-order valence-corrected chi connectivity index (χ2v) is 8.45. The largest absolute Gasteiger partial charge is 0.489 e. The molecule has 0 aliphatic carbocycles. The molecule has 2 atom stereocenters. The van der Waals surface area contributed by atoms with Crippen molar-refractivity contribution >= 4 is 41.6 Å². The molecule has 0 fully saturated rings. The smallest absolute Gasteiger partial charge is 0.322 e. The number of benzene rings is 3. The highest BCUT2D eigenvalue weighted by atomic mass is 35.5. The molecule has 0 spiro atoms. The lowest BCUT2D eigenvalue weighted by Gasteiger charge is -2.27. The van der Waals surface area contributed by atoms with Gasteiger partial charge in [-0.25, -0.2) is 0 Å². The fourth-order valence-corrected chi connectivity index (χ4v) is 3.79. The van der Waals surface area contributed by atoms with Crippen molar-refractivity contribution in [2.45, 2.75) is 25.2 Å². The lowest BCUT2D eigenvalue weighted by molar-refractivity contribution is -0.142. The van der Waals surface area contributed by atoms with E-state index in [0.717, 1.165) is 22.4 Å².